The Kier molecular flexibility index (Phi) is 4.06. The lowest BCUT2D eigenvalue weighted by Crippen LogP contribution is -2.51. The van der Waals surface area contributed by atoms with Gasteiger partial charge in [0.25, 0.3) is 0 Å². The van der Waals surface area contributed by atoms with E-state index in [9.17, 15) is 19.8 Å². The number of aliphatic carboxylic acids is 1. The fourth-order valence-electron chi connectivity index (χ4n) is 4.29. The van der Waals surface area contributed by atoms with E-state index in [-0.39, 0.29) is 25.0 Å². The molecule has 2 heterocycles. The van der Waals surface area contributed by atoms with Crippen molar-refractivity contribution in [1.82, 2.24) is 9.80 Å². The molecule has 2 N–H and O–H groups in total. The smallest absolute Gasteiger partial charge is 0.326 e. The number of carbonyl (C=O) groups excluding carboxylic acids is 1. The molecule has 0 aromatic heterocycles. The van der Waals surface area contributed by atoms with Gasteiger partial charge in [0.05, 0.1) is 6.10 Å². The zero-order valence-electron chi connectivity index (χ0n) is 12.3. The Morgan fingerprint density at radius 3 is 2.38 bits per heavy atom. The van der Waals surface area contributed by atoms with Crippen molar-refractivity contribution >= 4 is 12.0 Å². The monoisotopic (exact) mass is 296 g/mol. The van der Waals surface area contributed by atoms with Crippen molar-refractivity contribution in [1.29, 1.82) is 0 Å². The first-order valence-corrected chi connectivity index (χ1v) is 8.06. The van der Waals surface area contributed by atoms with E-state index in [4.69, 9.17) is 0 Å². The Morgan fingerprint density at radius 1 is 1.00 bits per heavy atom. The molecule has 0 aromatic rings. The molecule has 0 spiro atoms. The molecule has 2 aliphatic heterocycles. The Bertz CT molecular complexity index is 422. The van der Waals surface area contributed by atoms with Gasteiger partial charge in [-0.05, 0) is 31.6 Å². The SMILES string of the molecule is O=C(O)[C@H]1C[C@@H](O)CN1C(=O)N1CCCC1C1CCCC1. The standard InChI is InChI=1S/C15H24N2O4/c18-11-8-13(14(19)20)17(9-11)15(21)16-7-3-6-12(16)10-4-1-2-5-10/h10-13,18H,1-9H2,(H,19,20)/t11-,12?,13-/m1/s1. The van der Waals surface area contributed by atoms with Crippen molar-refractivity contribution < 1.29 is 19.8 Å². The normalized spacial score (nSPS) is 33.9. The van der Waals surface area contributed by atoms with Gasteiger partial charge in [-0.1, -0.05) is 12.8 Å². The number of nitrogens with zero attached hydrogens (tertiary/aromatic N) is 2. The van der Waals surface area contributed by atoms with Gasteiger partial charge in [0.15, 0.2) is 0 Å². The molecule has 1 aliphatic carbocycles. The van der Waals surface area contributed by atoms with Crippen LogP contribution in [0, 0.1) is 5.92 Å². The van der Waals surface area contributed by atoms with E-state index in [0.717, 1.165) is 19.4 Å². The van der Waals surface area contributed by atoms with E-state index in [1.54, 1.807) is 0 Å². The summed E-state index contributed by atoms with van der Waals surface area (Å²) >= 11 is 0. The third kappa shape index (κ3) is 2.73. The third-order valence-corrected chi connectivity index (χ3v) is 5.30. The van der Waals surface area contributed by atoms with Gasteiger partial charge in [-0.2, -0.15) is 0 Å². The average molecular weight is 296 g/mol. The van der Waals surface area contributed by atoms with Crippen LogP contribution in [0.1, 0.15) is 44.9 Å². The fraction of sp³-hybridized carbons (Fsp3) is 0.867. The lowest BCUT2D eigenvalue weighted by atomic mass is 9.96. The summed E-state index contributed by atoms with van der Waals surface area (Å²) in [5.41, 5.74) is 0. The fourth-order valence-corrected chi connectivity index (χ4v) is 4.29. The van der Waals surface area contributed by atoms with E-state index in [1.807, 2.05) is 4.90 Å². The molecule has 0 bridgehead atoms. The van der Waals surface area contributed by atoms with Crippen LogP contribution >= 0.6 is 0 Å². The van der Waals surface area contributed by atoms with Crippen molar-refractivity contribution in [3.63, 3.8) is 0 Å². The summed E-state index contributed by atoms with van der Waals surface area (Å²) in [6, 6.07) is -0.794. The van der Waals surface area contributed by atoms with Crippen LogP contribution in [0.2, 0.25) is 0 Å². The molecule has 3 rings (SSSR count). The number of hydrogen-bond donors (Lipinski definition) is 2. The second-order valence-electron chi connectivity index (χ2n) is 6.63. The third-order valence-electron chi connectivity index (χ3n) is 5.30. The number of hydrogen-bond acceptors (Lipinski definition) is 3. The second kappa shape index (κ2) is 5.83. The van der Waals surface area contributed by atoms with Crippen LogP contribution in [0.25, 0.3) is 0 Å². The highest BCUT2D eigenvalue weighted by atomic mass is 16.4. The van der Waals surface area contributed by atoms with E-state index in [1.165, 1.54) is 30.6 Å². The number of likely N-dealkylation sites (tertiary alicyclic amines) is 2. The Hall–Kier alpha value is -1.30. The van der Waals surface area contributed by atoms with Gasteiger partial charge >= 0.3 is 12.0 Å². The molecule has 118 valence electrons. The van der Waals surface area contributed by atoms with Crippen molar-refractivity contribution in [3.05, 3.63) is 0 Å². The minimum atomic E-state index is -1.02. The molecule has 0 aromatic carbocycles. The Balaban J connectivity index is 1.72. The molecular weight excluding hydrogens is 272 g/mol. The summed E-state index contributed by atoms with van der Waals surface area (Å²) in [6.45, 7) is 0.864. The van der Waals surface area contributed by atoms with E-state index < -0.39 is 18.1 Å². The highest BCUT2D eigenvalue weighted by Gasteiger charge is 2.44. The van der Waals surface area contributed by atoms with Gasteiger partial charge in [-0.15, -0.1) is 0 Å². The molecule has 6 heteroatoms. The molecule has 1 unspecified atom stereocenters. The molecule has 1 saturated carbocycles. The zero-order valence-corrected chi connectivity index (χ0v) is 12.3. The van der Waals surface area contributed by atoms with Gasteiger partial charge in [0, 0.05) is 25.6 Å². The predicted molar refractivity (Wildman–Crippen MR) is 75.8 cm³/mol. The molecule has 6 nitrogen and oxygen atoms in total. The maximum absolute atomic E-state index is 12.8. The topological polar surface area (TPSA) is 81.1 Å². The first-order chi connectivity index (χ1) is 10.1. The van der Waals surface area contributed by atoms with Crippen LogP contribution in [0.15, 0.2) is 0 Å². The first-order valence-electron chi connectivity index (χ1n) is 8.06. The number of amides is 2. The van der Waals surface area contributed by atoms with Crippen molar-refractivity contribution in [3.8, 4) is 0 Å². The minimum Gasteiger partial charge on any atom is -0.480 e. The molecule has 2 amide bonds. The number of aliphatic hydroxyl groups is 1. The second-order valence-corrected chi connectivity index (χ2v) is 6.63. The average Bonchev–Trinajstić information content (AvgIpc) is 3.17. The minimum absolute atomic E-state index is 0.142. The van der Waals surface area contributed by atoms with Gasteiger partial charge in [-0.3, -0.25) is 0 Å². The van der Waals surface area contributed by atoms with E-state index in [2.05, 4.69) is 0 Å². The summed E-state index contributed by atoms with van der Waals surface area (Å²) in [4.78, 5) is 27.3. The number of β-amino-alcohol motifs (C(OH)–C–C–N with tert-alkyl or cyclic N) is 1. The number of carboxylic acids is 1. The van der Waals surface area contributed by atoms with Crippen LogP contribution in [0.3, 0.4) is 0 Å². The van der Waals surface area contributed by atoms with Crippen molar-refractivity contribution in [2.45, 2.75) is 63.1 Å². The Labute approximate surface area is 124 Å². The number of urea groups is 1. The van der Waals surface area contributed by atoms with Crippen molar-refractivity contribution in [2.75, 3.05) is 13.1 Å². The summed E-state index contributed by atoms with van der Waals surface area (Å²) in [5.74, 6) is -0.441. The predicted octanol–water partition coefficient (Wildman–Crippen LogP) is 1.28. The van der Waals surface area contributed by atoms with Gasteiger partial charge < -0.3 is 20.0 Å². The lowest BCUT2D eigenvalue weighted by molar-refractivity contribution is -0.141. The zero-order chi connectivity index (χ0) is 15.0. The number of rotatable bonds is 2. The summed E-state index contributed by atoms with van der Waals surface area (Å²) < 4.78 is 0. The number of carbonyl (C=O) groups is 2. The van der Waals surface area contributed by atoms with E-state index >= 15 is 0 Å². The number of aliphatic hydroxyl groups excluding tert-OH is 1. The van der Waals surface area contributed by atoms with Gasteiger partial charge in [0.2, 0.25) is 0 Å². The molecule has 3 aliphatic rings. The van der Waals surface area contributed by atoms with Crippen LogP contribution < -0.4 is 0 Å². The quantitative estimate of drug-likeness (QED) is 0.804. The maximum atomic E-state index is 12.8. The first kappa shape index (κ1) is 14.6. The van der Waals surface area contributed by atoms with Crippen LogP contribution in [-0.2, 0) is 4.79 Å². The van der Waals surface area contributed by atoms with Crippen LogP contribution in [-0.4, -0.2) is 63.3 Å². The van der Waals surface area contributed by atoms with Crippen molar-refractivity contribution in [2.24, 2.45) is 5.92 Å². The number of carboxylic acid groups (broad SMARTS) is 1. The van der Waals surface area contributed by atoms with E-state index in [0.29, 0.717) is 5.92 Å². The Morgan fingerprint density at radius 2 is 1.71 bits per heavy atom. The summed E-state index contributed by atoms with van der Waals surface area (Å²) in [5, 5.41) is 19.0. The highest BCUT2D eigenvalue weighted by Crippen LogP contribution is 2.36. The van der Waals surface area contributed by atoms with Gasteiger partial charge in [-0.25, -0.2) is 9.59 Å². The molecular formula is C15H24N2O4. The lowest BCUT2D eigenvalue weighted by Gasteiger charge is -2.34. The van der Waals surface area contributed by atoms with Gasteiger partial charge in [0.1, 0.15) is 6.04 Å². The van der Waals surface area contributed by atoms with Crippen LogP contribution in [0.4, 0.5) is 4.79 Å². The molecule has 2 saturated heterocycles. The summed E-state index contributed by atoms with van der Waals surface area (Å²) in [7, 11) is 0. The maximum Gasteiger partial charge on any atom is 0.326 e. The molecule has 3 fully saturated rings. The summed E-state index contributed by atoms with van der Waals surface area (Å²) in [6.07, 6.45) is 6.29. The molecule has 0 radical (unpaired) electrons. The highest BCUT2D eigenvalue weighted by molar-refractivity contribution is 5.84. The molecule has 3 atom stereocenters. The largest absolute Gasteiger partial charge is 0.480 e. The van der Waals surface area contributed by atoms with Crippen LogP contribution in [0.5, 0.6) is 0 Å². The molecule has 21 heavy (non-hydrogen) atoms.